The van der Waals surface area contributed by atoms with Gasteiger partial charge in [0.15, 0.2) is 11.6 Å². The van der Waals surface area contributed by atoms with Crippen molar-refractivity contribution in [2.45, 2.75) is 32.8 Å². The highest BCUT2D eigenvalue weighted by atomic mass is 19.1. The lowest BCUT2D eigenvalue weighted by Crippen LogP contribution is -2.40. The zero-order valence-electron chi connectivity index (χ0n) is 9.51. The van der Waals surface area contributed by atoms with Crippen molar-refractivity contribution in [2.75, 3.05) is 6.54 Å². The fourth-order valence-electron chi connectivity index (χ4n) is 1.21. The average Bonchev–Trinajstić information content (AvgIpc) is 2.23. The van der Waals surface area contributed by atoms with Crippen molar-refractivity contribution >= 4 is 0 Å². The van der Waals surface area contributed by atoms with E-state index in [4.69, 9.17) is 10.5 Å². The largest absolute Gasteiger partial charge is 0.483 e. The molecule has 1 unspecified atom stereocenters. The Balaban J connectivity index is 2.92. The van der Waals surface area contributed by atoms with Crippen LogP contribution in [-0.4, -0.2) is 12.1 Å². The SMILES string of the molecule is CCC(C)(CN)Oc1cc(C)ccc1F. The monoisotopic (exact) mass is 211 g/mol. The molecule has 1 rings (SSSR count). The summed E-state index contributed by atoms with van der Waals surface area (Å²) in [6, 6.07) is 4.82. The molecule has 0 aliphatic heterocycles. The van der Waals surface area contributed by atoms with Crippen molar-refractivity contribution in [1.29, 1.82) is 0 Å². The van der Waals surface area contributed by atoms with Crippen LogP contribution in [-0.2, 0) is 0 Å². The molecule has 0 heterocycles. The third-order valence-corrected chi connectivity index (χ3v) is 2.62. The topological polar surface area (TPSA) is 35.2 Å². The van der Waals surface area contributed by atoms with Gasteiger partial charge in [0.1, 0.15) is 5.60 Å². The lowest BCUT2D eigenvalue weighted by molar-refractivity contribution is 0.0882. The molecule has 0 saturated heterocycles. The second-order valence-electron chi connectivity index (χ2n) is 4.04. The van der Waals surface area contributed by atoms with Crippen LogP contribution in [0, 0.1) is 12.7 Å². The summed E-state index contributed by atoms with van der Waals surface area (Å²) in [4.78, 5) is 0. The summed E-state index contributed by atoms with van der Waals surface area (Å²) in [7, 11) is 0. The van der Waals surface area contributed by atoms with E-state index >= 15 is 0 Å². The normalized spacial score (nSPS) is 14.7. The van der Waals surface area contributed by atoms with Gasteiger partial charge in [0.25, 0.3) is 0 Å². The maximum Gasteiger partial charge on any atom is 0.165 e. The lowest BCUT2D eigenvalue weighted by atomic mass is 10.0. The molecule has 0 saturated carbocycles. The summed E-state index contributed by atoms with van der Waals surface area (Å²) in [6.45, 7) is 6.13. The van der Waals surface area contributed by atoms with Crippen molar-refractivity contribution in [3.63, 3.8) is 0 Å². The Morgan fingerprint density at radius 2 is 2.13 bits per heavy atom. The summed E-state index contributed by atoms with van der Waals surface area (Å²) < 4.78 is 19.0. The zero-order chi connectivity index (χ0) is 11.5. The van der Waals surface area contributed by atoms with E-state index in [0.29, 0.717) is 6.54 Å². The molecule has 2 N–H and O–H groups in total. The van der Waals surface area contributed by atoms with Crippen LogP contribution in [0.3, 0.4) is 0 Å². The van der Waals surface area contributed by atoms with E-state index in [-0.39, 0.29) is 11.6 Å². The molecule has 0 aromatic heterocycles. The number of benzene rings is 1. The lowest BCUT2D eigenvalue weighted by Gasteiger charge is -2.28. The number of nitrogens with two attached hydrogens (primary N) is 1. The van der Waals surface area contributed by atoms with Gasteiger partial charge in [-0.1, -0.05) is 13.0 Å². The Labute approximate surface area is 90.2 Å². The molecule has 0 aliphatic rings. The van der Waals surface area contributed by atoms with Gasteiger partial charge in [-0.15, -0.1) is 0 Å². The van der Waals surface area contributed by atoms with Crippen molar-refractivity contribution in [2.24, 2.45) is 5.73 Å². The summed E-state index contributed by atoms with van der Waals surface area (Å²) in [5, 5.41) is 0. The molecule has 0 aliphatic carbocycles. The van der Waals surface area contributed by atoms with Crippen molar-refractivity contribution < 1.29 is 9.13 Å². The summed E-state index contributed by atoms with van der Waals surface area (Å²) in [5.41, 5.74) is 6.09. The minimum absolute atomic E-state index is 0.282. The fraction of sp³-hybridized carbons (Fsp3) is 0.500. The van der Waals surface area contributed by atoms with Crippen LogP contribution in [0.2, 0.25) is 0 Å². The molecule has 1 aromatic rings. The molecular formula is C12H18FNO. The van der Waals surface area contributed by atoms with Gasteiger partial charge < -0.3 is 10.5 Å². The van der Waals surface area contributed by atoms with Gasteiger partial charge in [0.2, 0.25) is 0 Å². The predicted molar refractivity (Wildman–Crippen MR) is 59.5 cm³/mol. The minimum atomic E-state index is -0.491. The number of ether oxygens (including phenoxy) is 1. The molecule has 0 bridgehead atoms. The molecule has 0 amide bonds. The molecule has 0 spiro atoms. The molecule has 2 nitrogen and oxygen atoms in total. The van der Waals surface area contributed by atoms with Gasteiger partial charge in [-0.25, -0.2) is 4.39 Å². The molecule has 0 fully saturated rings. The van der Waals surface area contributed by atoms with Crippen LogP contribution in [0.1, 0.15) is 25.8 Å². The second-order valence-corrected chi connectivity index (χ2v) is 4.04. The van der Waals surface area contributed by atoms with E-state index in [2.05, 4.69) is 0 Å². The van der Waals surface area contributed by atoms with E-state index < -0.39 is 5.60 Å². The number of halogens is 1. The van der Waals surface area contributed by atoms with Gasteiger partial charge in [0.05, 0.1) is 0 Å². The third-order valence-electron chi connectivity index (χ3n) is 2.62. The molecule has 1 atom stereocenters. The van der Waals surface area contributed by atoms with Crippen LogP contribution >= 0.6 is 0 Å². The maximum atomic E-state index is 13.4. The first-order valence-electron chi connectivity index (χ1n) is 5.16. The molecule has 1 aromatic carbocycles. The highest BCUT2D eigenvalue weighted by molar-refractivity contribution is 5.30. The van der Waals surface area contributed by atoms with Crippen LogP contribution < -0.4 is 10.5 Å². The van der Waals surface area contributed by atoms with Gasteiger partial charge in [-0.05, 0) is 38.0 Å². The molecular weight excluding hydrogens is 193 g/mol. The Morgan fingerprint density at radius 3 is 2.67 bits per heavy atom. The zero-order valence-corrected chi connectivity index (χ0v) is 9.51. The first-order chi connectivity index (χ1) is 7.00. The summed E-state index contributed by atoms with van der Waals surface area (Å²) in [6.07, 6.45) is 0.747. The Kier molecular flexibility index (Phi) is 3.69. The van der Waals surface area contributed by atoms with E-state index in [9.17, 15) is 4.39 Å². The van der Waals surface area contributed by atoms with Crippen LogP contribution in [0.25, 0.3) is 0 Å². The van der Waals surface area contributed by atoms with Crippen molar-refractivity contribution in [1.82, 2.24) is 0 Å². The molecule has 84 valence electrons. The first kappa shape index (κ1) is 12.0. The van der Waals surface area contributed by atoms with E-state index in [0.717, 1.165) is 12.0 Å². The van der Waals surface area contributed by atoms with E-state index in [1.54, 1.807) is 12.1 Å². The second kappa shape index (κ2) is 4.62. The Hall–Kier alpha value is -1.09. The summed E-state index contributed by atoms with van der Waals surface area (Å²) >= 11 is 0. The van der Waals surface area contributed by atoms with E-state index in [1.807, 2.05) is 20.8 Å². The van der Waals surface area contributed by atoms with E-state index in [1.165, 1.54) is 6.07 Å². The molecule has 3 heteroatoms. The Bertz CT molecular complexity index is 334. The first-order valence-corrected chi connectivity index (χ1v) is 5.16. The fourth-order valence-corrected chi connectivity index (χ4v) is 1.21. The maximum absolute atomic E-state index is 13.4. The molecule has 0 radical (unpaired) electrons. The van der Waals surface area contributed by atoms with Gasteiger partial charge >= 0.3 is 0 Å². The average molecular weight is 211 g/mol. The van der Waals surface area contributed by atoms with Gasteiger partial charge in [-0.2, -0.15) is 0 Å². The van der Waals surface area contributed by atoms with Gasteiger partial charge in [0, 0.05) is 6.54 Å². The Morgan fingerprint density at radius 1 is 1.47 bits per heavy atom. The third kappa shape index (κ3) is 2.93. The van der Waals surface area contributed by atoms with Crippen LogP contribution in [0.15, 0.2) is 18.2 Å². The predicted octanol–water partition coefficient (Wildman–Crippen LogP) is 2.64. The highest BCUT2D eigenvalue weighted by Crippen LogP contribution is 2.24. The number of aryl methyl sites for hydroxylation is 1. The smallest absolute Gasteiger partial charge is 0.165 e. The van der Waals surface area contributed by atoms with Gasteiger partial charge in [-0.3, -0.25) is 0 Å². The minimum Gasteiger partial charge on any atom is -0.483 e. The molecule has 15 heavy (non-hydrogen) atoms. The van der Waals surface area contributed by atoms with Crippen molar-refractivity contribution in [3.8, 4) is 5.75 Å². The van der Waals surface area contributed by atoms with Crippen molar-refractivity contribution in [3.05, 3.63) is 29.6 Å². The summed E-state index contributed by atoms with van der Waals surface area (Å²) in [5.74, 6) is -0.0569. The number of rotatable bonds is 4. The standard InChI is InChI=1S/C12H18FNO/c1-4-12(3,8-14)15-11-7-9(2)5-6-10(11)13/h5-7H,4,8,14H2,1-3H3. The highest BCUT2D eigenvalue weighted by Gasteiger charge is 2.23. The number of hydrogen-bond donors (Lipinski definition) is 1. The number of hydrogen-bond acceptors (Lipinski definition) is 2. The quantitative estimate of drug-likeness (QED) is 0.831. The van der Waals surface area contributed by atoms with Crippen LogP contribution in [0.4, 0.5) is 4.39 Å². The van der Waals surface area contributed by atoms with Crippen LogP contribution in [0.5, 0.6) is 5.75 Å².